The van der Waals surface area contributed by atoms with Gasteiger partial charge in [-0.05, 0) is 88.1 Å². The molecule has 0 saturated carbocycles. The van der Waals surface area contributed by atoms with Gasteiger partial charge in [-0.1, -0.05) is 66.0 Å². The highest BCUT2D eigenvalue weighted by Crippen LogP contribution is 2.30. The van der Waals surface area contributed by atoms with Crippen LogP contribution in [0.5, 0.6) is 0 Å². The molecule has 7 nitrogen and oxygen atoms in total. The molecule has 0 aliphatic heterocycles. The number of amides is 2. The highest BCUT2D eigenvalue weighted by atomic mass is 35.5. The molecule has 0 unspecified atom stereocenters. The Morgan fingerprint density at radius 3 is 2.20 bits per heavy atom. The van der Waals surface area contributed by atoms with Crippen molar-refractivity contribution < 1.29 is 18.0 Å². The third kappa shape index (κ3) is 7.82. The maximum atomic E-state index is 14.1. The van der Waals surface area contributed by atoms with E-state index in [-0.39, 0.29) is 23.4 Å². The first-order chi connectivity index (χ1) is 19.3. The van der Waals surface area contributed by atoms with Crippen LogP contribution in [-0.4, -0.2) is 43.8 Å². The number of nitrogens with one attached hydrogen (secondary N) is 1. The number of aryl methyl sites for hydroxylation is 2. The minimum atomic E-state index is -4.15. The zero-order valence-corrected chi connectivity index (χ0v) is 26.6. The predicted molar refractivity (Wildman–Crippen MR) is 166 cm³/mol. The first-order valence-corrected chi connectivity index (χ1v) is 15.6. The number of carbonyl (C=O) groups is 2. The smallest absolute Gasteiger partial charge is 0.264 e. The fourth-order valence-corrected chi connectivity index (χ4v) is 6.03. The van der Waals surface area contributed by atoms with Crippen molar-refractivity contribution in [2.45, 2.75) is 71.5 Å². The Morgan fingerprint density at radius 1 is 0.927 bits per heavy atom. The van der Waals surface area contributed by atoms with Crippen LogP contribution in [0.3, 0.4) is 0 Å². The van der Waals surface area contributed by atoms with Crippen molar-refractivity contribution in [2.24, 2.45) is 0 Å². The van der Waals surface area contributed by atoms with Gasteiger partial charge in [0.25, 0.3) is 10.0 Å². The van der Waals surface area contributed by atoms with E-state index in [1.807, 2.05) is 40.7 Å². The summed E-state index contributed by atoms with van der Waals surface area (Å²) in [6.07, 6.45) is 0.717. The monoisotopic (exact) mass is 617 g/mol. The number of benzene rings is 3. The quantitative estimate of drug-likeness (QED) is 0.268. The normalized spacial score (nSPS) is 12.9. The lowest BCUT2D eigenvalue weighted by molar-refractivity contribution is -0.139. The van der Waals surface area contributed by atoms with Gasteiger partial charge in [0.1, 0.15) is 12.6 Å². The van der Waals surface area contributed by atoms with E-state index in [9.17, 15) is 18.0 Å². The molecular formula is C31H37Cl2N3O4S. The van der Waals surface area contributed by atoms with Gasteiger partial charge in [-0.25, -0.2) is 8.42 Å². The predicted octanol–water partition coefficient (Wildman–Crippen LogP) is 6.45. The Labute approximate surface area is 253 Å². The van der Waals surface area contributed by atoms with Gasteiger partial charge < -0.3 is 10.2 Å². The summed E-state index contributed by atoms with van der Waals surface area (Å²) in [7, 11) is -4.15. The number of sulfonamides is 1. The van der Waals surface area contributed by atoms with Crippen molar-refractivity contribution in [3.8, 4) is 0 Å². The molecule has 0 fully saturated rings. The summed E-state index contributed by atoms with van der Waals surface area (Å²) >= 11 is 12.3. The highest BCUT2D eigenvalue weighted by molar-refractivity contribution is 7.92. The summed E-state index contributed by atoms with van der Waals surface area (Å²) in [6.45, 7) is 10.5. The maximum Gasteiger partial charge on any atom is 0.264 e. The van der Waals surface area contributed by atoms with Gasteiger partial charge in [-0.3, -0.25) is 13.9 Å². The summed E-state index contributed by atoms with van der Waals surface area (Å²) in [4.78, 5) is 28.7. The highest BCUT2D eigenvalue weighted by Gasteiger charge is 2.33. The van der Waals surface area contributed by atoms with Crippen molar-refractivity contribution in [3.63, 3.8) is 0 Å². The topological polar surface area (TPSA) is 86.8 Å². The molecule has 0 aliphatic carbocycles. The average Bonchev–Trinajstić information content (AvgIpc) is 2.93. The molecule has 0 bridgehead atoms. The summed E-state index contributed by atoms with van der Waals surface area (Å²) in [5.74, 6) is -0.882. The lowest BCUT2D eigenvalue weighted by Crippen LogP contribution is -2.52. The molecule has 10 heteroatoms. The molecule has 41 heavy (non-hydrogen) atoms. The molecule has 0 aliphatic rings. The van der Waals surface area contributed by atoms with Crippen LogP contribution >= 0.6 is 23.2 Å². The van der Waals surface area contributed by atoms with Crippen molar-refractivity contribution >= 4 is 50.7 Å². The molecule has 220 valence electrons. The van der Waals surface area contributed by atoms with Gasteiger partial charge in [0.2, 0.25) is 11.8 Å². The van der Waals surface area contributed by atoms with E-state index < -0.39 is 28.5 Å². The van der Waals surface area contributed by atoms with Gasteiger partial charge in [-0.15, -0.1) is 0 Å². The van der Waals surface area contributed by atoms with Crippen LogP contribution < -0.4 is 9.62 Å². The largest absolute Gasteiger partial charge is 0.352 e. The molecule has 2 amide bonds. The van der Waals surface area contributed by atoms with Gasteiger partial charge in [0.05, 0.1) is 20.6 Å². The minimum absolute atomic E-state index is 0.0238. The lowest BCUT2D eigenvalue weighted by atomic mass is 10.1. The molecule has 0 saturated heterocycles. The Kier molecular flexibility index (Phi) is 10.9. The van der Waals surface area contributed by atoms with Crippen molar-refractivity contribution in [1.29, 1.82) is 0 Å². The van der Waals surface area contributed by atoms with Crippen LogP contribution in [0.15, 0.2) is 65.6 Å². The average molecular weight is 619 g/mol. The van der Waals surface area contributed by atoms with Crippen LogP contribution in [0.1, 0.15) is 49.4 Å². The van der Waals surface area contributed by atoms with Gasteiger partial charge in [-0.2, -0.15) is 0 Å². The Hall–Kier alpha value is -3.07. The summed E-state index contributed by atoms with van der Waals surface area (Å²) in [6, 6.07) is 15.8. The first-order valence-electron chi connectivity index (χ1n) is 13.5. The van der Waals surface area contributed by atoms with E-state index in [1.54, 1.807) is 49.4 Å². The molecule has 3 rings (SSSR count). The number of rotatable bonds is 11. The molecule has 0 spiro atoms. The maximum absolute atomic E-state index is 14.1. The number of halogens is 2. The van der Waals surface area contributed by atoms with Crippen molar-refractivity contribution in [1.82, 2.24) is 10.2 Å². The molecule has 1 N–H and O–H groups in total. The second-order valence-corrected chi connectivity index (χ2v) is 13.0. The van der Waals surface area contributed by atoms with Crippen molar-refractivity contribution in [3.05, 3.63) is 93.0 Å². The van der Waals surface area contributed by atoms with Gasteiger partial charge >= 0.3 is 0 Å². The molecule has 0 heterocycles. The van der Waals surface area contributed by atoms with Gasteiger partial charge in [0.15, 0.2) is 0 Å². The first kappa shape index (κ1) is 32.4. The van der Waals surface area contributed by atoms with Crippen LogP contribution in [0.2, 0.25) is 10.0 Å². The number of hydrogen-bond acceptors (Lipinski definition) is 4. The van der Waals surface area contributed by atoms with Gasteiger partial charge in [0, 0.05) is 12.6 Å². The number of hydrogen-bond donors (Lipinski definition) is 1. The van der Waals surface area contributed by atoms with E-state index in [0.717, 1.165) is 21.0 Å². The Balaban J connectivity index is 2.08. The van der Waals surface area contributed by atoms with Crippen molar-refractivity contribution in [2.75, 3.05) is 10.8 Å². The van der Waals surface area contributed by atoms with E-state index in [2.05, 4.69) is 5.32 Å². The zero-order valence-electron chi connectivity index (χ0n) is 24.2. The molecular weight excluding hydrogens is 581 g/mol. The minimum Gasteiger partial charge on any atom is -0.352 e. The number of anilines is 1. The van der Waals surface area contributed by atoms with Crippen LogP contribution in [-0.2, 0) is 26.2 Å². The second-order valence-electron chi connectivity index (χ2n) is 10.3. The SMILES string of the molecule is CC[C@@H](C)NC(=O)[C@H](C)N(Cc1ccc(Cl)c(Cl)c1)C(=O)CN(c1cccc(C)c1C)S(=O)(=O)c1ccc(C)cc1. The Morgan fingerprint density at radius 2 is 1.59 bits per heavy atom. The zero-order chi connectivity index (χ0) is 30.5. The summed E-state index contributed by atoms with van der Waals surface area (Å²) in [5, 5.41) is 3.60. The fraction of sp³-hybridized carbons (Fsp3) is 0.355. The van der Waals surface area contributed by atoms with E-state index in [1.165, 1.54) is 17.0 Å². The van der Waals surface area contributed by atoms with Crippen LogP contribution in [0.4, 0.5) is 5.69 Å². The molecule has 0 aromatic heterocycles. The van der Waals surface area contributed by atoms with E-state index in [4.69, 9.17) is 23.2 Å². The van der Waals surface area contributed by atoms with Crippen LogP contribution in [0.25, 0.3) is 0 Å². The molecule has 0 radical (unpaired) electrons. The van der Waals surface area contributed by atoms with Crippen LogP contribution in [0, 0.1) is 20.8 Å². The number of carbonyl (C=O) groups excluding carboxylic acids is 2. The van der Waals surface area contributed by atoms with E-state index in [0.29, 0.717) is 27.7 Å². The standard InChI is InChI=1S/C31H37Cl2N3O4S/c1-7-22(4)34-31(38)24(6)35(18-25-13-16-27(32)28(33)17-25)30(37)19-36(29-10-8-9-21(3)23(29)5)41(39,40)26-14-11-20(2)12-15-26/h8-17,22,24H,7,18-19H2,1-6H3,(H,34,38)/t22-,24+/m1/s1. The molecule has 3 aromatic carbocycles. The Bertz CT molecular complexity index is 1510. The van der Waals surface area contributed by atoms with E-state index >= 15 is 0 Å². The second kappa shape index (κ2) is 13.7. The lowest BCUT2D eigenvalue weighted by Gasteiger charge is -2.33. The fourth-order valence-electron chi connectivity index (χ4n) is 4.24. The molecule has 3 aromatic rings. The summed E-state index contributed by atoms with van der Waals surface area (Å²) < 4.78 is 29.2. The third-order valence-electron chi connectivity index (χ3n) is 7.24. The summed E-state index contributed by atoms with van der Waals surface area (Å²) in [5.41, 5.74) is 3.57. The third-order valence-corrected chi connectivity index (χ3v) is 9.75. The molecule has 2 atom stereocenters. The number of nitrogens with zero attached hydrogens (tertiary/aromatic N) is 2.